The summed E-state index contributed by atoms with van der Waals surface area (Å²) >= 11 is 1.85. The Hall–Kier alpha value is -7.79. The average Bonchev–Trinajstić information content (AvgIpc) is 1.75. The summed E-state index contributed by atoms with van der Waals surface area (Å²) in [6, 6.07) is 19.1. The zero-order valence-electron chi connectivity index (χ0n) is 59.9. The smallest absolute Gasteiger partial charge is 0.164 e. The van der Waals surface area contributed by atoms with Gasteiger partial charge in [0.25, 0.3) is 0 Å². The summed E-state index contributed by atoms with van der Waals surface area (Å²) in [6.45, 7) is 23.3. The van der Waals surface area contributed by atoms with Crippen LogP contribution in [-0.4, -0.2) is 148 Å². The number of nitrogens with zero attached hydrogens (tertiary/aromatic N) is 6. The number of carbonyl (C=O) groups is 2. The van der Waals surface area contributed by atoms with E-state index in [0.717, 1.165) is 42.4 Å². The van der Waals surface area contributed by atoms with Crippen molar-refractivity contribution in [2.75, 3.05) is 75.9 Å². The van der Waals surface area contributed by atoms with E-state index in [-0.39, 0.29) is 6.10 Å². The minimum atomic E-state index is -0.455. The van der Waals surface area contributed by atoms with Gasteiger partial charge in [-0.3, -0.25) is 30.0 Å². The molecule has 0 bridgehead atoms. The minimum Gasteiger partial charge on any atom is -0.501 e. The predicted octanol–water partition coefficient (Wildman–Crippen LogP) is 15.6. The number of rotatable bonds is 17. The molecule has 0 aromatic heterocycles. The first-order valence-corrected chi connectivity index (χ1v) is 32.6. The van der Waals surface area contributed by atoms with E-state index in [1.54, 1.807) is 61.9 Å². The second-order valence-corrected chi connectivity index (χ2v) is 21.2. The number of likely N-dealkylation sites (N-methyl/N-ethyl adjacent to an activating group) is 1. The van der Waals surface area contributed by atoms with Crippen molar-refractivity contribution in [1.82, 2.24) is 21.3 Å². The Balaban J connectivity index is -0.000000507. The van der Waals surface area contributed by atoms with E-state index >= 15 is 0 Å². The van der Waals surface area contributed by atoms with Gasteiger partial charge in [0.2, 0.25) is 0 Å². The van der Waals surface area contributed by atoms with E-state index in [2.05, 4.69) is 121 Å². The molecule has 1 heterocycles. The number of thioether (sulfide) groups is 1. The molecule has 0 radical (unpaired) electrons. The van der Waals surface area contributed by atoms with Crippen molar-refractivity contribution < 1.29 is 23.8 Å². The van der Waals surface area contributed by atoms with E-state index < -0.39 is 12.1 Å². The number of methoxy groups -OCH3 is 3. The Labute approximate surface area is 563 Å². The average molecular weight is 1290 g/mol. The fourth-order valence-electron chi connectivity index (χ4n) is 7.79. The molecule has 2 aromatic rings. The van der Waals surface area contributed by atoms with Crippen molar-refractivity contribution in [2.24, 2.45) is 41.8 Å². The van der Waals surface area contributed by atoms with Crippen LogP contribution in [0.5, 0.6) is 0 Å². The molecule has 4 aliphatic rings. The number of carbonyl (C=O) groups excluding carboxylic acids is 2. The second kappa shape index (κ2) is 69.1. The van der Waals surface area contributed by atoms with Crippen LogP contribution >= 0.6 is 11.8 Å². The van der Waals surface area contributed by atoms with Gasteiger partial charge in [-0.05, 0) is 149 Å². The quantitative estimate of drug-likeness (QED) is 0.0391. The Kier molecular flexibility index (Phi) is 68.1. The lowest BCUT2D eigenvalue weighted by molar-refractivity contribution is -0.110. The van der Waals surface area contributed by atoms with Crippen LogP contribution in [0.25, 0.3) is 0 Å². The summed E-state index contributed by atoms with van der Waals surface area (Å²) < 4.78 is 15.3. The summed E-state index contributed by atoms with van der Waals surface area (Å²) in [6.07, 6.45) is 51.3. The Morgan fingerprint density at radius 3 is 1.45 bits per heavy atom. The van der Waals surface area contributed by atoms with Crippen molar-refractivity contribution in [3.8, 4) is 0 Å². The molecule has 1 aliphatic heterocycles. The fourth-order valence-corrected chi connectivity index (χ4v) is 8.45. The van der Waals surface area contributed by atoms with Gasteiger partial charge < -0.3 is 45.1 Å². The molecule has 4 N–H and O–H groups in total. The maximum atomic E-state index is 11.6. The highest BCUT2D eigenvalue weighted by Crippen LogP contribution is 2.24. The van der Waals surface area contributed by atoms with E-state index in [9.17, 15) is 9.59 Å². The Morgan fingerprint density at radius 2 is 1.18 bits per heavy atom. The van der Waals surface area contributed by atoms with Crippen LogP contribution in [-0.2, 0) is 36.6 Å². The van der Waals surface area contributed by atoms with Crippen LogP contribution in [0, 0.1) is 11.8 Å². The number of aliphatic imine (C=N–C) groups is 6. The third-order valence-corrected chi connectivity index (χ3v) is 13.6. The van der Waals surface area contributed by atoms with Crippen LogP contribution in [0.4, 0.5) is 0 Å². The lowest BCUT2D eigenvalue weighted by atomic mass is 9.98. The minimum absolute atomic E-state index is 0.287. The van der Waals surface area contributed by atoms with Gasteiger partial charge in [-0.25, -0.2) is 0 Å². The number of hydrogen-bond donors (Lipinski definition) is 4. The standard InChI is InChI=1S/C22H26N4O2.C8H13N.C8H14O.C8H12O.C7H12O.C6H10.C5H9N.C4H8N2.C4H7NS.C4H9N/c1-23-21(25-19(15-27)13-17-9-5-3-6-10-17)22(24-2)26-20(16-28)14-18-11-7-4-8-12-18;3*1-7-5-3-4-6-8(7)9-2;1-4-6-7(5-2)8-3;1-3-5-6-4-2;1-3-4-5-6-2;1-3-6-4-5-2;1-4-5-2-3-6-4;1-3-4-5-2/h3-12,15-16,19-20H,13-14H2,1-2H3,(H,23,25)(H,24,26);3-9H,1-2H3;3-6H2,1-2H3;3-8H,1-2H3;4-6H,1-3H3;3-6H,1-2H3;3-5H,1-2H3;3-4H,1-2H3;2-3H2,1H3;3-5H,1-2H3/b;;;;6-4-,7-5+;5-3-,6-4-;4-3-,6-5?;;;4-3-/t19-,20-;;;;;;;;;/m1........./s1. The van der Waals surface area contributed by atoms with Crippen molar-refractivity contribution in [3.63, 3.8) is 0 Å². The second-order valence-electron chi connectivity index (χ2n) is 19.9. The number of nitrogens with one attached hydrogen (secondary N) is 4. The topological polar surface area (TPSA) is 184 Å². The molecule has 92 heavy (non-hydrogen) atoms. The van der Waals surface area contributed by atoms with Crippen molar-refractivity contribution in [1.29, 1.82) is 0 Å². The summed E-state index contributed by atoms with van der Waals surface area (Å²) in [7, 11) is 15.7. The molecule has 0 amide bonds. The zero-order valence-corrected chi connectivity index (χ0v) is 60.7. The number of allylic oxidation sites excluding steroid dienone is 16. The highest BCUT2D eigenvalue weighted by atomic mass is 32.2. The number of amidine groups is 2. The summed E-state index contributed by atoms with van der Waals surface area (Å²) in [5.74, 6) is 5.38. The zero-order chi connectivity index (χ0) is 69.7. The van der Waals surface area contributed by atoms with Crippen molar-refractivity contribution in [2.45, 2.75) is 139 Å². The molecule has 4 unspecified atom stereocenters. The molecule has 15 nitrogen and oxygen atoms in total. The third kappa shape index (κ3) is 54.0. The maximum Gasteiger partial charge on any atom is 0.164 e. The highest BCUT2D eigenvalue weighted by Gasteiger charge is 2.18. The molecule has 0 spiro atoms. The van der Waals surface area contributed by atoms with Crippen molar-refractivity contribution >= 4 is 59.8 Å². The lowest BCUT2D eigenvalue weighted by Gasteiger charge is -2.20. The predicted molar refractivity (Wildman–Crippen MR) is 407 cm³/mol. The first kappa shape index (κ1) is 90.6. The van der Waals surface area contributed by atoms with E-state index in [4.69, 9.17) is 14.2 Å². The number of hydrogen-bond acceptors (Lipinski definition) is 13. The molecule has 0 saturated carbocycles. The largest absolute Gasteiger partial charge is 0.501 e. The molecule has 3 aliphatic carbocycles. The molecule has 16 heteroatoms. The highest BCUT2D eigenvalue weighted by molar-refractivity contribution is 8.14. The maximum absolute atomic E-state index is 11.6. The SMILES string of the molecule is C/C=C\C(=C/C)OC.C/C=C\C=C/C.C/C=C\C=NC.C/C=C\NC.CC1=NCCS1.CC=NC=NC.CN=C(N[C@@H](C=O)Cc1ccccc1)C(=NC)N[C@@H](C=O)Cc1ccccc1.CNC1C=CC=CC1C.COC1=C(C)CCCC1.COC1C=CC=CC1C. The van der Waals surface area contributed by atoms with Gasteiger partial charge in [0.1, 0.15) is 24.7 Å². The molecule has 6 rings (SSSR count). The molecule has 6 atom stereocenters. The van der Waals surface area contributed by atoms with Crippen LogP contribution in [0.15, 0.2) is 223 Å². The molecule has 0 saturated heterocycles. The number of benzene rings is 2. The van der Waals surface area contributed by atoms with Gasteiger partial charge in [-0.2, -0.15) is 0 Å². The molecular formula is C76H120N10O5S. The lowest BCUT2D eigenvalue weighted by Crippen LogP contribution is -2.49. The first-order chi connectivity index (χ1) is 44.6. The van der Waals surface area contributed by atoms with Crippen LogP contribution in [0.3, 0.4) is 0 Å². The van der Waals surface area contributed by atoms with Gasteiger partial charge in [-0.1, -0.05) is 166 Å². The summed E-state index contributed by atoms with van der Waals surface area (Å²) in [5, 5.41) is 13.5. The number of ether oxygens (including phenoxy) is 3. The monoisotopic (exact) mass is 1280 g/mol. The van der Waals surface area contributed by atoms with Crippen LogP contribution < -0.4 is 21.3 Å². The third-order valence-electron chi connectivity index (χ3n) is 12.7. The van der Waals surface area contributed by atoms with E-state index in [1.807, 2.05) is 208 Å². The van der Waals surface area contributed by atoms with Crippen LogP contribution in [0.2, 0.25) is 0 Å². The van der Waals surface area contributed by atoms with Gasteiger partial charge >= 0.3 is 0 Å². The van der Waals surface area contributed by atoms with Gasteiger partial charge in [0, 0.05) is 85.5 Å². The van der Waals surface area contributed by atoms with Gasteiger partial charge in [-0.15, -0.1) is 11.8 Å². The number of aldehydes is 2. The molecule has 2 aromatic carbocycles. The van der Waals surface area contributed by atoms with Crippen LogP contribution in [0.1, 0.15) is 113 Å². The fraction of sp³-hybridized carbons (Fsp3) is 0.447. The van der Waals surface area contributed by atoms with Crippen molar-refractivity contribution in [3.05, 3.63) is 204 Å². The summed E-state index contributed by atoms with van der Waals surface area (Å²) in [5.41, 5.74) is 3.53. The normalized spacial score (nSPS) is 18.0. The molecule has 510 valence electrons. The van der Waals surface area contributed by atoms with E-state index in [1.165, 1.54) is 47.7 Å². The Bertz CT molecular complexity index is 2460. The molecule has 0 fully saturated rings. The molecular weight excluding hydrogens is 1160 g/mol. The first-order valence-electron chi connectivity index (χ1n) is 31.6. The summed E-state index contributed by atoms with van der Waals surface area (Å²) in [4.78, 5) is 46.7. The van der Waals surface area contributed by atoms with Gasteiger partial charge in [0.05, 0.1) is 43.2 Å². The van der Waals surface area contributed by atoms with E-state index in [0.29, 0.717) is 42.4 Å². The Morgan fingerprint density at radius 1 is 0.663 bits per heavy atom. The van der Waals surface area contributed by atoms with Gasteiger partial charge in [0.15, 0.2) is 11.7 Å².